The Kier molecular flexibility index (Phi) is 1.88. The van der Waals surface area contributed by atoms with Gasteiger partial charge in [0.05, 0.1) is 5.54 Å². The van der Waals surface area contributed by atoms with Gasteiger partial charge in [0.2, 0.25) is 5.91 Å². The van der Waals surface area contributed by atoms with Gasteiger partial charge >= 0.3 is 0 Å². The number of hydrogen-bond acceptors (Lipinski definition) is 2. The predicted octanol–water partition coefficient (Wildman–Crippen LogP) is -0.340. The first-order chi connectivity index (χ1) is 4.31. The molecule has 2 aliphatic rings. The molecule has 2 aliphatic heterocycles. The number of carbonyl (C=O) groups is 1. The van der Waals surface area contributed by atoms with Crippen LogP contribution in [0.3, 0.4) is 0 Å². The van der Waals surface area contributed by atoms with Gasteiger partial charge < -0.3 is 10.6 Å². The van der Waals surface area contributed by atoms with Crippen molar-refractivity contribution in [2.75, 3.05) is 13.1 Å². The fourth-order valence-corrected chi connectivity index (χ4v) is 1.47. The molecule has 58 valence electrons. The van der Waals surface area contributed by atoms with Crippen LogP contribution in [-0.4, -0.2) is 24.5 Å². The number of amides is 1. The third kappa shape index (κ3) is 0.995. The molecule has 4 heteroatoms. The van der Waals surface area contributed by atoms with E-state index in [0.717, 1.165) is 25.9 Å². The summed E-state index contributed by atoms with van der Waals surface area (Å²) < 4.78 is 0. The number of carbonyl (C=O) groups excluding carboxylic acids is 1. The zero-order chi connectivity index (χ0) is 6.32. The Hall–Kier alpha value is -0.280. The van der Waals surface area contributed by atoms with Crippen molar-refractivity contribution in [3.8, 4) is 0 Å². The zero-order valence-electron chi connectivity index (χ0n) is 5.64. The quantitative estimate of drug-likeness (QED) is 0.512. The van der Waals surface area contributed by atoms with Crippen LogP contribution in [0.4, 0.5) is 0 Å². The summed E-state index contributed by atoms with van der Waals surface area (Å²) in [7, 11) is 0. The molecule has 0 bridgehead atoms. The average molecular weight is 163 g/mol. The molecule has 2 fully saturated rings. The van der Waals surface area contributed by atoms with E-state index < -0.39 is 0 Å². The Labute approximate surface area is 66.0 Å². The lowest BCUT2D eigenvalue weighted by atomic mass is 9.91. The maximum Gasteiger partial charge on any atom is 0.220 e. The summed E-state index contributed by atoms with van der Waals surface area (Å²) in [5, 5.41) is 6.12. The van der Waals surface area contributed by atoms with E-state index in [2.05, 4.69) is 10.6 Å². The number of nitrogens with one attached hydrogen (secondary N) is 2. The SMILES string of the molecule is Cl.O=C1CCC2(CNC2)N1. The molecule has 1 spiro atoms. The van der Waals surface area contributed by atoms with E-state index in [-0.39, 0.29) is 23.9 Å². The normalized spacial score (nSPS) is 27.0. The molecule has 0 aromatic heterocycles. The van der Waals surface area contributed by atoms with Crippen LogP contribution < -0.4 is 10.6 Å². The molecule has 0 aromatic carbocycles. The first kappa shape index (κ1) is 7.82. The molecular weight excluding hydrogens is 152 g/mol. The monoisotopic (exact) mass is 162 g/mol. The predicted molar refractivity (Wildman–Crippen MR) is 40.2 cm³/mol. The topological polar surface area (TPSA) is 41.1 Å². The first-order valence-corrected chi connectivity index (χ1v) is 3.33. The minimum atomic E-state index is 0. The largest absolute Gasteiger partial charge is 0.348 e. The Morgan fingerprint density at radius 2 is 2.10 bits per heavy atom. The van der Waals surface area contributed by atoms with Crippen LogP contribution in [0.1, 0.15) is 12.8 Å². The van der Waals surface area contributed by atoms with Gasteiger partial charge in [-0.3, -0.25) is 4.79 Å². The Morgan fingerprint density at radius 3 is 2.30 bits per heavy atom. The molecule has 2 saturated heterocycles. The van der Waals surface area contributed by atoms with Crippen molar-refractivity contribution in [3.63, 3.8) is 0 Å². The molecule has 0 unspecified atom stereocenters. The Morgan fingerprint density at radius 1 is 1.40 bits per heavy atom. The van der Waals surface area contributed by atoms with Crippen molar-refractivity contribution in [2.45, 2.75) is 18.4 Å². The second-order valence-electron chi connectivity index (χ2n) is 2.93. The van der Waals surface area contributed by atoms with Gasteiger partial charge in [-0.15, -0.1) is 12.4 Å². The zero-order valence-corrected chi connectivity index (χ0v) is 6.46. The molecule has 2 heterocycles. The molecule has 1 amide bonds. The van der Waals surface area contributed by atoms with Crippen molar-refractivity contribution in [3.05, 3.63) is 0 Å². The minimum absolute atomic E-state index is 0. The third-order valence-electron chi connectivity index (χ3n) is 2.16. The molecule has 0 saturated carbocycles. The summed E-state index contributed by atoms with van der Waals surface area (Å²) >= 11 is 0. The van der Waals surface area contributed by atoms with Gasteiger partial charge in [-0.25, -0.2) is 0 Å². The summed E-state index contributed by atoms with van der Waals surface area (Å²) in [6, 6.07) is 0. The van der Waals surface area contributed by atoms with Gasteiger partial charge in [-0.1, -0.05) is 0 Å². The maximum absolute atomic E-state index is 10.7. The van der Waals surface area contributed by atoms with E-state index in [1.165, 1.54) is 0 Å². The molecule has 2 rings (SSSR count). The van der Waals surface area contributed by atoms with Crippen LogP contribution in [-0.2, 0) is 4.79 Å². The molecule has 3 nitrogen and oxygen atoms in total. The highest BCUT2D eigenvalue weighted by molar-refractivity contribution is 5.85. The highest BCUT2D eigenvalue weighted by Crippen LogP contribution is 2.23. The summed E-state index contributed by atoms with van der Waals surface area (Å²) in [6.07, 6.45) is 1.75. The number of halogens is 1. The van der Waals surface area contributed by atoms with Crippen molar-refractivity contribution >= 4 is 18.3 Å². The van der Waals surface area contributed by atoms with E-state index in [4.69, 9.17) is 0 Å². The van der Waals surface area contributed by atoms with Crippen molar-refractivity contribution in [1.82, 2.24) is 10.6 Å². The third-order valence-corrected chi connectivity index (χ3v) is 2.16. The molecule has 0 aromatic rings. The lowest BCUT2D eigenvalue weighted by Gasteiger charge is -2.38. The summed E-state index contributed by atoms with van der Waals surface area (Å²) in [6.45, 7) is 1.94. The maximum atomic E-state index is 10.7. The van der Waals surface area contributed by atoms with Crippen LogP contribution in [0.15, 0.2) is 0 Å². The van der Waals surface area contributed by atoms with E-state index in [0.29, 0.717) is 0 Å². The smallest absolute Gasteiger partial charge is 0.220 e. The first-order valence-electron chi connectivity index (χ1n) is 3.33. The second-order valence-corrected chi connectivity index (χ2v) is 2.93. The van der Waals surface area contributed by atoms with Gasteiger partial charge in [0, 0.05) is 19.5 Å². The van der Waals surface area contributed by atoms with Gasteiger partial charge in [-0.2, -0.15) is 0 Å². The summed E-state index contributed by atoms with van der Waals surface area (Å²) in [4.78, 5) is 10.7. The fraction of sp³-hybridized carbons (Fsp3) is 0.833. The highest BCUT2D eigenvalue weighted by Gasteiger charge is 2.42. The fourth-order valence-electron chi connectivity index (χ4n) is 1.47. The summed E-state index contributed by atoms with van der Waals surface area (Å²) in [5.41, 5.74) is 0.178. The number of hydrogen-bond donors (Lipinski definition) is 2. The van der Waals surface area contributed by atoms with Crippen LogP contribution in [0, 0.1) is 0 Å². The molecule has 0 radical (unpaired) electrons. The van der Waals surface area contributed by atoms with E-state index in [9.17, 15) is 4.79 Å². The van der Waals surface area contributed by atoms with Gasteiger partial charge in [0.15, 0.2) is 0 Å². The van der Waals surface area contributed by atoms with E-state index in [1.54, 1.807) is 0 Å². The standard InChI is InChI=1S/C6H10N2O.ClH/c9-5-1-2-6(8-5)3-7-4-6;/h7H,1-4H2,(H,8,9);1H. The van der Waals surface area contributed by atoms with Crippen LogP contribution >= 0.6 is 12.4 Å². The van der Waals surface area contributed by atoms with Crippen molar-refractivity contribution in [2.24, 2.45) is 0 Å². The molecule has 0 atom stereocenters. The number of rotatable bonds is 0. The lowest BCUT2D eigenvalue weighted by molar-refractivity contribution is -0.120. The lowest BCUT2D eigenvalue weighted by Crippen LogP contribution is -2.65. The molecule has 0 aliphatic carbocycles. The molecule has 10 heavy (non-hydrogen) atoms. The molecule has 2 N–H and O–H groups in total. The van der Waals surface area contributed by atoms with Crippen LogP contribution in [0.2, 0.25) is 0 Å². The average Bonchev–Trinajstić information content (AvgIpc) is 2.09. The van der Waals surface area contributed by atoms with Gasteiger partial charge in [0.1, 0.15) is 0 Å². The van der Waals surface area contributed by atoms with Gasteiger partial charge in [0.25, 0.3) is 0 Å². The van der Waals surface area contributed by atoms with Crippen LogP contribution in [0.5, 0.6) is 0 Å². The minimum Gasteiger partial charge on any atom is -0.348 e. The second kappa shape index (κ2) is 2.40. The van der Waals surface area contributed by atoms with Crippen molar-refractivity contribution < 1.29 is 4.79 Å². The van der Waals surface area contributed by atoms with Crippen LogP contribution in [0.25, 0.3) is 0 Å². The Balaban J connectivity index is 0.000000500. The van der Waals surface area contributed by atoms with E-state index in [1.807, 2.05) is 0 Å². The highest BCUT2D eigenvalue weighted by atomic mass is 35.5. The molecular formula is C6H11ClN2O. The van der Waals surface area contributed by atoms with Gasteiger partial charge in [-0.05, 0) is 6.42 Å². The Bertz CT molecular complexity index is 156. The van der Waals surface area contributed by atoms with E-state index >= 15 is 0 Å². The summed E-state index contributed by atoms with van der Waals surface area (Å²) in [5.74, 6) is 0.219. The van der Waals surface area contributed by atoms with Crippen molar-refractivity contribution in [1.29, 1.82) is 0 Å².